The SMILES string of the molecule is CCN(CC(=O)NC(C)C)C(=O)Cn1nc(C(=O)O)c2ccccc2c1=O. The zero-order valence-corrected chi connectivity index (χ0v) is 15.4. The van der Waals surface area contributed by atoms with E-state index in [4.69, 9.17) is 0 Å². The van der Waals surface area contributed by atoms with Crippen molar-refractivity contribution in [3.05, 3.63) is 40.3 Å². The lowest BCUT2D eigenvalue weighted by molar-refractivity contribution is -0.136. The molecule has 0 atom stereocenters. The van der Waals surface area contributed by atoms with Gasteiger partial charge >= 0.3 is 5.97 Å². The number of carbonyl (C=O) groups is 3. The Labute approximate surface area is 155 Å². The van der Waals surface area contributed by atoms with Gasteiger partial charge in [0.1, 0.15) is 6.54 Å². The topological polar surface area (TPSA) is 122 Å². The highest BCUT2D eigenvalue weighted by Crippen LogP contribution is 2.13. The lowest BCUT2D eigenvalue weighted by Gasteiger charge is -2.21. The van der Waals surface area contributed by atoms with Gasteiger partial charge in [-0.25, -0.2) is 9.48 Å². The van der Waals surface area contributed by atoms with Crippen molar-refractivity contribution in [2.75, 3.05) is 13.1 Å². The van der Waals surface area contributed by atoms with Crippen LogP contribution in [0.1, 0.15) is 31.3 Å². The molecule has 9 nitrogen and oxygen atoms in total. The first-order valence-corrected chi connectivity index (χ1v) is 8.54. The van der Waals surface area contributed by atoms with Crippen molar-refractivity contribution < 1.29 is 19.5 Å². The molecule has 2 amide bonds. The molecular weight excluding hydrogens is 352 g/mol. The number of amides is 2. The summed E-state index contributed by atoms with van der Waals surface area (Å²) in [5.74, 6) is -2.11. The van der Waals surface area contributed by atoms with Crippen LogP contribution in [-0.2, 0) is 16.1 Å². The number of hydrogen-bond acceptors (Lipinski definition) is 5. The van der Waals surface area contributed by atoms with E-state index in [1.165, 1.54) is 17.0 Å². The van der Waals surface area contributed by atoms with Crippen LogP contribution >= 0.6 is 0 Å². The molecule has 0 spiro atoms. The van der Waals surface area contributed by atoms with Gasteiger partial charge in [-0.05, 0) is 26.8 Å². The number of nitrogens with one attached hydrogen (secondary N) is 1. The quantitative estimate of drug-likeness (QED) is 0.726. The summed E-state index contributed by atoms with van der Waals surface area (Å²) in [5, 5.41) is 16.3. The van der Waals surface area contributed by atoms with E-state index < -0.39 is 24.0 Å². The molecule has 0 aliphatic rings. The fourth-order valence-electron chi connectivity index (χ4n) is 2.65. The number of aromatic nitrogens is 2. The van der Waals surface area contributed by atoms with Crippen molar-refractivity contribution in [1.82, 2.24) is 20.0 Å². The molecule has 0 aliphatic heterocycles. The Hall–Kier alpha value is -3.23. The van der Waals surface area contributed by atoms with E-state index >= 15 is 0 Å². The zero-order chi connectivity index (χ0) is 20.1. The number of carboxylic acid groups (broad SMARTS) is 1. The highest BCUT2D eigenvalue weighted by molar-refractivity contribution is 6.01. The number of hydrogen-bond donors (Lipinski definition) is 2. The van der Waals surface area contributed by atoms with Gasteiger partial charge in [0.15, 0.2) is 5.69 Å². The molecule has 9 heteroatoms. The van der Waals surface area contributed by atoms with E-state index in [9.17, 15) is 24.3 Å². The fourth-order valence-corrected chi connectivity index (χ4v) is 2.65. The van der Waals surface area contributed by atoms with Gasteiger partial charge in [0, 0.05) is 18.0 Å². The third kappa shape index (κ3) is 4.69. The Morgan fingerprint density at radius 1 is 1.22 bits per heavy atom. The first kappa shape index (κ1) is 20.1. The third-order valence-corrected chi connectivity index (χ3v) is 3.87. The smallest absolute Gasteiger partial charge is 0.357 e. The zero-order valence-electron chi connectivity index (χ0n) is 15.4. The van der Waals surface area contributed by atoms with E-state index in [1.807, 2.05) is 13.8 Å². The molecule has 1 heterocycles. The van der Waals surface area contributed by atoms with Crippen LogP contribution in [0.5, 0.6) is 0 Å². The predicted octanol–water partition coefficient (Wildman–Crippen LogP) is 0.468. The minimum atomic E-state index is -1.30. The summed E-state index contributed by atoms with van der Waals surface area (Å²) in [6.45, 7) is 4.98. The van der Waals surface area contributed by atoms with Crippen LogP contribution in [-0.4, -0.2) is 56.7 Å². The Bertz CT molecular complexity index is 935. The number of rotatable bonds is 7. The van der Waals surface area contributed by atoms with Crippen LogP contribution in [0.4, 0.5) is 0 Å². The predicted molar refractivity (Wildman–Crippen MR) is 98.5 cm³/mol. The molecule has 0 unspecified atom stereocenters. The lowest BCUT2D eigenvalue weighted by Crippen LogP contribution is -2.44. The number of fused-ring (bicyclic) bond motifs is 1. The van der Waals surface area contributed by atoms with Gasteiger partial charge in [-0.1, -0.05) is 18.2 Å². The van der Waals surface area contributed by atoms with E-state index in [0.29, 0.717) is 0 Å². The van der Waals surface area contributed by atoms with Crippen molar-refractivity contribution in [2.45, 2.75) is 33.4 Å². The standard InChI is InChI=1S/C18H22N4O5/c1-4-21(9-14(23)19-11(2)3)15(24)10-22-17(25)13-8-6-5-7-12(13)16(20-22)18(26)27/h5-8,11H,4,9-10H2,1-3H3,(H,19,23)(H,26,27). The summed E-state index contributed by atoms with van der Waals surface area (Å²) >= 11 is 0. The fraction of sp³-hybridized carbons (Fsp3) is 0.389. The van der Waals surface area contributed by atoms with Crippen molar-refractivity contribution >= 4 is 28.6 Å². The van der Waals surface area contributed by atoms with Gasteiger partial charge in [0.2, 0.25) is 11.8 Å². The molecule has 0 fully saturated rings. The van der Waals surface area contributed by atoms with E-state index in [0.717, 1.165) is 4.68 Å². The van der Waals surface area contributed by atoms with Gasteiger partial charge < -0.3 is 15.3 Å². The second-order valence-electron chi connectivity index (χ2n) is 6.29. The lowest BCUT2D eigenvalue weighted by atomic mass is 10.1. The number of aromatic carboxylic acids is 1. The second kappa shape index (κ2) is 8.43. The highest BCUT2D eigenvalue weighted by atomic mass is 16.4. The summed E-state index contributed by atoms with van der Waals surface area (Å²) in [6.07, 6.45) is 0. The van der Waals surface area contributed by atoms with Crippen LogP contribution in [0.2, 0.25) is 0 Å². The number of benzene rings is 1. The highest BCUT2D eigenvalue weighted by Gasteiger charge is 2.20. The van der Waals surface area contributed by atoms with Crippen LogP contribution in [0, 0.1) is 0 Å². The summed E-state index contributed by atoms with van der Waals surface area (Å²) in [4.78, 5) is 49.8. The minimum Gasteiger partial charge on any atom is -0.476 e. The molecule has 27 heavy (non-hydrogen) atoms. The largest absolute Gasteiger partial charge is 0.476 e. The third-order valence-electron chi connectivity index (χ3n) is 3.87. The van der Waals surface area contributed by atoms with E-state index in [2.05, 4.69) is 10.4 Å². The number of likely N-dealkylation sites (N-methyl/N-ethyl adjacent to an activating group) is 1. The molecular formula is C18H22N4O5. The van der Waals surface area contributed by atoms with Gasteiger partial charge in [-0.15, -0.1) is 0 Å². The second-order valence-corrected chi connectivity index (χ2v) is 6.29. The maximum Gasteiger partial charge on any atom is 0.357 e. The Kier molecular flexibility index (Phi) is 6.27. The van der Waals surface area contributed by atoms with Crippen molar-refractivity contribution in [3.63, 3.8) is 0 Å². The molecule has 0 bridgehead atoms. The summed E-state index contributed by atoms with van der Waals surface area (Å²) in [6, 6.07) is 6.14. The van der Waals surface area contributed by atoms with E-state index in [1.54, 1.807) is 19.1 Å². The molecule has 0 saturated heterocycles. The molecule has 144 valence electrons. The van der Waals surface area contributed by atoms with Crippen LogP contribution in [0.25, 0.3) is 10.8 Å². The number of carboxylic acids is 1. The molecule has 1 aromatic heterocycles. The van der Waals surface area contributed by atoms with Crippen LogP contribution in [0.15, 0.2) is 29.1 Å². The molecule has 1 aromatic carbocycles. The Morgan fingerprint density at radius 3 is 2.41 bits per heavy atom. The maximum atomic E-state index is 12.6. The van der Waals surface area contributed by atoms with Crippen molar-refractivity contribution in [3.8, 4) is 0 Å². The van der Waals surface area contributed by atoms with Crippen LogP contribution in [0.3, 0.4) is 0 Å². The van der Waals surface area contributed by atoms with Gasteiger partial charge in [0.25, 0.3) is 5.56 Å². The monoisotopic (exact) mass is 374 g/mol. The van der Waals surface area contributed by atoms with Gasteiger partial charge in [0.05, 0.1) is 11.9 Å². The molecule has 2 rings (SSSR count). The van der Waals surface area contributed by atoms with E-state index in [-0.39, 0.29) is 41.5 Å². The van der Waals surface area contributed by atoms with Crippen molar-refractivity contribution in [1.29, 1.82) is 0 Å². The summed E-state index contributed by atoms with van der Waals surface area (Å²) in [7, 11) is 0. The molecule has 2 aromatic rings. The molecule has 2 N–H and O–H groups in total. The average Bonchev–Trinajstić information content (AvgIpc) is 2.61. The van der Waals surface area contributed by atoms with Crippen LogP contribution < -0.4 is 10.9 Å². The average molecular weight is 374 g/mol. The normalized spacial score (nSPS) is 10.8. The Morgan fingerprint density at radius 2 is 1.85 bits per heavy atom. The molecule has 0 aliphatic carbocycles. The molecule has 0 radical (unpaired) electrons. The Balaban J connectivity index is 2.33. The molecule has 0 saturated carbocycles. The van der Waals surface area contributed by atoms with Crippen molar-refractivity contribution in [2.24, 2.45) is 0 Å². The first-order chi connectivity index (χ1) is 12.7. The number of carbonyl (C=O) groups excluding carboxylic acids is 2. The van der Waals surface area contributed by atoms with Gasteiger partial charge in [-0.2, -0.15) is 5.10 Å². The summed E-state index contributed by atoms with van der Waals surface area (Å²) < 4.78 is 0.830. The first-order valence-electron chi connectivity index (χ1n) is 8.54. The summed E-state index contributed by atoms with van der Waals surface area (Å²) in [5.41, 5.74) is -0.870. The minimum absolute atomic E-state index is 0.0609. The maximum absolute atomic E-state index is 12.6. The number of nitrogens with zero attached hydrogens (tertiary/aromatic N) is 3. The van der Waals surface area contributed by atoms with Gasteiger partial charge in [-0.3, -0.25) is 14.4 Å².